The van der Waals surface area contributed by atoms with Gasteiger partial charge in [0.25, 0.3) is 0 Å². The molecule has 3 fully saturated rings. The van der Waals surface area contributed by atoms with Gasteiger partial charge in [-0.25, -0.2) is 4.79 Å². The third-order valence-corrected chi connectivity index (χ3v) is 12.3. The molecule has 56 heavy (non-hydrogen) atoms. The number of ether oxygens (including phenoxy) is 5. The van der Waals surface area contributed by atoms with Crippen LogP contribution >= 0.6 is 0 Å². The van der Waals surface area contributed by atoms with E-state index in [9.17, 15) is 29.4 Å². The first kappa shape index (κ1) is 39.2. The van der Waals surface area contributed by atoms with Gasteiger partial charge in [-0.3, -0.25) is 19.2 Å². The number of hydrogen-bond donors (Lipinski definition) is 2. The summed E-state index contributed by atoms with van der Waals surface area (Å²) in [5.41, 5.74) is -4.13. The van der Waals surface area contributed by atoms with Crippen molar-refractivity contribution in [1.29, 1.82) is 0 Å². The minimum absolute atomic E-state index is 0.0207. The second kappa shape index (κ2) is 15.2. The smallest absolute Gasteiger partial charge is 0.338 e. The maximum atomic E-state index is 15.6. The number of carbonyl (C=O) groups excluding carboxylic acids is 5. The Morgan fingerprint density at radius 2 is 1.39 bits per heavy atom. The molecule has 2 bridgehead atoms. The summed E-state index contributed by atoms with van der Waals surface area (Å²) in [6, 6.07) is 25.0. The van der Waals surface area contributed by atoms with Crippen LogP contribution in [-0.2, 0) is 33.3 Å². The van der Waals surface area contributed by atoms with Crippen LogP contribution in [0.15, 0.2) is 102 Å². The van der Waals surface area contributed by atoms with Crippen molar-refractivity contribution in [3.05, 3.63) is 119 Å². The molecule has 0 amide bonds. The zero-order valence-corrected chi connectivity index (χ0v) is 31.7. The molecule has 12 nitrogen and oxygen atoms in total. The first-order valence-corrected chi connectivity index (χ1v) is 18.9. The molecule has 2 N–H and O–H groups in total. The Bertz CT molecular complexity index is 2030. The average Bonchev–Trinajstić information content (AvgIpc) is 3.18. The Labute approximate surface area is 324 Å². The van der Waals surface area contributed by atoms with Crippen LogP contribution in [0.25, 0.3) is 0 Å². The minimum Gasteiger partial charge on any atom is -0.482 e. The van der Waals surface area contributed by atoms with E-state index in [0.717, 1.165) is 0 Å². The lowest BCUT2D eigenvalue weighted by Crippen LogP contribution is -2.78. The lowest BCUT2D eigenvalue weighted by Gasteiger charge is -2.64. The number of rotatable bonds is 11. The fraction of sp³-hybridized carbons (Fsp3) is 0.432. The second-order valence-electron chi connectivity index (χ2n) is 15.8. The molecule has 0 radical (unpaired) electrons. The average molecular weight is 767 g/mol. The number of benzene rings is 3. The molecule has 12 heteroatoms. The topological polar surface area (TPSA) is 172 Å². The summed E-state index contributed by atoms with van der Waals surface area (Å²) in [5.74, 6) is -6.78. The van der Waals surface area contributed by atoms with Crippen LogP contribution in [0.2, 0.25) is 0 Å². The van der Waals surface area contributed by atoms with Crippen molar-refractivity contribution in [2.75, 3.05) is 19.8 Å². The van der Waals surface area contributed by atoms with E-state index in [-0.39, 0.29) is 42.1 Å². The number of esters is 2. The highest BCUT2D eigenvalue weighted by Crippen LogP contribution is 2.62. The molecule has 7 rings (SSSR count). The van der Waals surface area contributed by atoms with Crippen LogP contribution < -0.4 is 0 Å². The van der Waals surface area contributed by atoms with Crippen LogP contribution in [0.5, 0.6) is 0 Å². The van der Waals surface area contributed by atoms with Gasteiger partial charge in [-0.2, -0.15) is 0 Å². The SMILES string of the molecule is CC(=O)OC12COC1CC(OCC(=O)c1ccccc1)C1C(=O)C(OCC(=O)c3ccccc3)=C3C(C)C(O)CC(O)(C(OC(=O)c4ccccc4)C12)C3(C)C. The van der Waals surface area contributed by atoms with Crippen molar-refractivity contribution in [2.24, 2.45) is 23.2 Å². The largest absolute Gasteiger partial charge is 0.482 e. The minimum atomic E-state index is -2.14. The number of hydrogen-bond acceptors (Lipinski definition) is 12. The van der Waals surface area contributed by atoms with E-state index in [4.69, 9.17) is 23.7 Å². The summed E-state index contributed by atoms with van der Waals surface area (Å²) in [5, 5.41) is 25.1. The summed E-state index contributed by atoms with van der Waals surface area (Å²) < 4.78 is 31.2. The quantitative estimate of drug-likeness (QED) is 0.204. The molecule has 1 saturated heterocycles. The summed E-state index contributed by atoms with van der Waals surface area (Å²) in [6.07, 6.45) is -5.25. The zero-order valence-electron chi connectivity index (χ0n) is 31.7. The normalized spacial score (nSPS) is 31.7. The van der Waals surface area contributed by atoms with Crippen LogP contribution in [0.4, 0.5) is 0 Å². The molecule has 0 aromatic heterocycles. The third-order valence-electron chi connectivity index (χ3n) is 12.3. The lowest BCUT2D eigenvalue weighted by atomic mass is 9.48. The monoisotopic (exact) mass is 766 g/mol. The highest BCUT2D eigenvalue weighted by Gasteiger charge is 2.74. The van der Waals surface area contributed by atoms with Crippen LogP contribution in [0.3, 0.4) is 0 Å². The van der Waals surface area contributed by atoms with E-state index < -0.39 is 95.5 Å². The molecule has 1 heterocycles. The Morgan fingerprint density at radius 1 is 0.839 bits per heavy atom. The van der Waals surface area contributed by atoms with Crippen LogP contribution in [0.1, 0.15) is 71.6 Å². The van der Waals surface area contributed by atoms with Crippen molar-refractivity contribution in [3.8, 4) is 0 Å². The van der Waals surface area contributed by atoms with E-state index in [1.807, 2.05) is 0 Å². The molecule has 2 saturated carbocycles. The van der Waals surface area contributed by atoms with Gasteiger partial charge in [-0.05, 0) is 17.7 Å². The summed E-state index contributed by atoms with van der Waals surface area (Å²) in [6.45, 7) is 5.04. The molecule has 4 aliphatic rings. The summed E-state index contributed by atoms with van der Waals surface area (Å²) in [4.78, 5) is 69.6. The summed E-state index contributed by atoms with van der Waals surface area (Å²) in [7, 11) is 0. The molecule has 0 spiro atoms. The maximum absolute atomic E-state index is 15.6. The van der Waals surface area contributed by atoms with Crippen LogP contribution in [-0.4, -0.2) is 94.9 Å². The fourth-order valence-electron chi connectivity index (χ4n) is 9.32. The number of aliphatic hydroxyl groups is 2. The predicted octanol–water partition coefficient (Wildman–Crippen LogP) is 4.71. The number of Topliss-reactive ketones (excluding diaryl/α,β-unsaturated/α-hetero) is 3. The first-order chi connectivity index (χ1) is 26.7. The second-order valence-corrected chi connectivity index (χ2v) is 15.8. The Hall–Kier alpha value is -5.01. The van der Waals surface area contributed by atoms with Gasteiger partial charge in [0.2, 0.25) is 5.78 Å². The summed E-state index contributed by atoms with van der Waals surface area (Å²) >= 11 is 0. The molecule has 1 aliphatic heterocycles. The van der Waals surface area contributed by atoms with Crippen molar-refractivity contribution in [1.82, 2.24) is 0 Å². The van der Waals surface area contributed by atoms with E-state index in [1.54, 1.807) is 112 Å². The number of aliphatic hydroxyl groups excluding tert-OH is 1. The Morgan fingerprint density at radius 3 is 1.93 bits per heavy atom. The van der Waals surface area contributed by atoms with Gasteiger partial charge in [0.15, 0.2) is 29.5 Å². The lowest BCUT2D eigenvalue weighted by molar-refractivity contribution is -0.333. The van der Waals surface area contributed by atoms with Crippen molar-refractivity contribution < 1.29 is 57.9 Å². The van der Waals surface area contributed by atoms with E-state index in [0.29, 0.717) is 11.1 Å². The van der Waals surface area contributed by atoms with Gasteiger partial charge in [0, 0.05) is 42.2 Å². The highest BCUT2D eigenvalue weighted by atomic mass is 16.6. The predicted molar refractivity (Wildman–Crippen MR) is 199 cm³/mol. The van der Waals surface area contributed by atoms with Crippen molar-refractivity contribution in [2.45, 2.75) is 76.2 Å². The van der Waals surface area contributed by atoms with E-state index in [1.165, 1.54) is 6.92 Å². The molecule has 3 aromatic rings. The van der Waals surface area contributed by atoms with Crippen LogP contribution in [0, 0.1) is 23.2 Å². The maximum Gasteiger partial charge on any atom is 0.338 e. The zero-order chi connectivity index (χ0) is 40.0. The van der Waals surface area contributed by atoms with E-state index in [2.05, 4.69) is 0 Å². The fourth-order valence-corrected chi connectivity index (χ4v) is 9.32. The highest BCUT2D eigenvalue weighted by molar-refractivity contribution is 6.00. The van der Waals surface area contributed by atoms with Gasteiger partial charge in [-0.1, -0.05) is 99.6 Å². The van der Waals surface area contributed by atoms with Gasteiger partial charge < -0.3 is 33.9 Å². The molecule has 9 unspecified atom stereocenters. The molecule has 3 aromatic carbocycles. The number of carbonyl (C=O) groups is 5. The molecular formula is C44H46O12. The van der Waals surface area contributed by atoms with E-state index >= 15 is 4.79 Å². The number of allylic oxidation sites excluding steroid dienone is 1. The van der Waals surface area contributed by atoms with Gasteiger partial charge in [-0.15, -0.1) is 0 Å². The van der Waals surface area contributed by atoms with Gasteiger partial charge in [0.1, 0.15) is 24.4 Å². The first-order valence-electron chi connectivity index (χ1n) is 18.9. The third kappa shape index (κ3) is 6.68. The standard InChI is InChI=1S/C44H46O12/c1-25-30(46)21-44(51)40(55-41(50)29-18-12-7-13-19-29)37-35(38(49)39(36(25)42(44,3)4)53-23-32(48)28-16-10-6-11-17-28)33(20-34-43(37,24-54-34)56-26(2)45)52-22-31(47)27-14-8-5-9-15-27/h5-19,25,30,33-35,37,40,46,51H,20-24H2,1-4H3. The van der Waals surface area contributed by atoms with Gasteiger partial charge >= 0.3 is 11.9 Å². The molecule has 294 valence electrons. The van der Waals surface area contributed by atoms with Crippen molar-refractivity contribution in [3.63, 3.8) is 0 Å². The Balaban J connectivity index is 1.42. The van der Waals surface area contributed by atoms with Gasteiger partial charge in [0.05, 0.1) is 36.2 Å². The molecule has 3 aliphatic carbocycles. The number of ketones is 3. The Kier molecular flexibility index (Phi) is 10.6. The van der Waals surface area contributed by atoms with Crippen molar-refractivity contribution >= 4 is 29.3 Å². The number of fused-ring (bicyclic) bond motifs is 5. The molecular weight excluding hydrogens is 720 g/mol. The molecule has 9 atom stereocenters.